The normalized spacial score (nSPS) is 10.6. The van der Waals surface area contributed by atoms with Gasteiger partial charge in [0, 0.05) is 18.1 Å². The van der Waals surface area contributed by atoms with Gasteiger partial charge in [-0.2, -0.15) is 5.10 Å². The number of halogens is 1. The van der Waals surface area contributed by atoms with E-state index in [9.17, 15) is 9.18 Å². The Morgan fingerprint density at radius 2 is 1.92 bits per heavy atom. The van der Waals surface area contributed by atoms with E-state index in [0.29, 0.717) is 17.9 Å². The summed E-state index contributed by atoms with van der Waals surface area (Å²) in [6, 6.07) is 17.6. The molecule has 1 aromatic heterocycles. The summed E-state index contributed by atoms with van der Waals surface area (Å²) in [6.07, 6.45) is 2.23. The van der Waals surface area contributed by atoms with E-state index in [-0.39, 0.29) is 11.7 Å². The molecule has 0 aliphatic carbocycles. The van der Waals surface area contributed by atoms with Crippen LogP contribution in [-0.2, 0) is 4.79 Å². The Hall–Kier alpha value is -2.95. The molecule has 3 rings (SSSR count). The zero-order valence-electron chi connectivity index (χ0n) is 14.1. The Balaban J connectivity index is 1.99. The highest BCUT2D eigenvalue weighted by Crippen LogP contribution is 2.25. The average molecular weight is 337 g/mol. The lowest BCUT2D eigenvalue weighted by Gasteiger charge is -2.08. The molecule has 1 N–H and O–H groups in total. The van der Waals surface area contributed by atoms with E-state index in [1.807, 2.05) is 43.3 Å². The van der Waals surface area contributed by atoms with E-state index in [1.165, 1.54) is 12.1 Å². The van der Waals surface area contributed by atoms with Crippen LogP contribution in [0.5, 0.6) is 0 Å². The number of benzene rings is 2. The second kappa shape index (κ2) is 7.75. The van der Waals surface area contributed by atoms with Crippen LogP contribution in [0.3, 0.4) is 0 Å². The fourth-order valence-corrected chi connectivity index (χ4v) is 2.57. The van der Waals surface area contributed by atoms with Crippen molar-refractivity contribution in [2.75, 3.05) is 5.32 Å². The van der Waals surface area contributed by atoms with Crippen LogP contribution in [0.15, 0.2) is 60.7 Å². The number of aromatic nitrogens is 2. The van der Waals surface area contributed by atoms with Gasteiger partial charge in [0.1, 0.15) is 11.6 Å². The second-order valence-corrected chi connectivity index (χ2v) is 5.82. The number of amides is 1. The van der Waals surface area contributed by atoms with Crippen molar-refractivity contribution in [1.29, 1.82) is 0 Å². The zero-order chi connectivity index (χ0) is 17.6. The third kappa shape index (κ3) is 4.12. The molecule has 0 aliphatic rings. The van der Waals surface area contributed by atoms with Crippen molar-refractivity contribution >= 4 is 11.7 Å². The van der Waals surface area contributed by atoms with Gasteiger partial charge in [-0.05, 0) is 24.6 Å². The summed E-state index contributed by atoms with van der Waals surface area (Å²) in [5.74, 6) is 0.113. The first-order valence-electron chi connectivity index (χ1n) is 8.38. The number of nitrogens with zero attached hydrogens (tertiary/aromatic N) is 2. The maximum absolute atomic E-state index is 13.6. The Morgan fingerprint density at radius 3 is 2.64 bits per heavy atom. The lowest BCUT2D eigenvalue weighted by Crippen LogP contribution is -2.14. The Labute approximate surface area is 146 Å². The molecule has 0 radical (unpaired) electrons. The maximum Gasteiger partial charge on any atom is 0.225 e. The first-order chi connectivity index (χ1) is 12.2. The van der Waals surface area contributed by atoms with Gasteiger partial charge < -0.3 is 5.32 Å². The summed E-state index contributed by atoms with van der Waals surface area (Å²) in [5.41, 5.74) is 2.21. The van der Waals surface area contributed by atoms with Crippen molar-refractivity contribution in [2.45, 2.75) is 26.2 Å². The minimum absolute atomic E-state index is 0.0704. The zero-order valence-corrected chi connectivity index (χ0v) is 14.1. The predicted molar refractivity (Wildman–Crippen MR) is 97.1 cm³/mol. The molecular formula is C20H20FN3O. The molecule has 3 aromatic rings. The van der Waals surface area contributed by atoms with Gasteiger partial charge in [0.05, 0.1) is 11.4 Å². The number of anilines is 1. The average Bonchev–Trinajstić information content (AvgIpc) is 3.04. The fourth-order valence-electron chi connectivity index (χ4n) is 2.57. The van der Waals surface area contributed by atoms with Crippen LogP contribution in [0.25, 0.3) is 16.9 Å². The summed E-state index contributed by atoms with van der Waals surface area (Å²) in [7, 11) is 0. The molecule has 0 saturated carbocycles. The molecule has 25 heavy (non-hydrogen) atoms. The Kier molecular flexibility index (Phi) is 5.23. The quantitative estimate of drug-likeness (QED) is 0.702. The summed E-state index contributed by atoms with van der Waals surface area (Å²) in [4.78, 5) is 12.1. The third-order valence-electron chi connectivity index (χ3n) is 3.86. The van der Waals surface area contributed by atoms with Crippen molar-refractivity contribution in [2.24, 2.45) is 0 Å². The largest absolute Gasteiger partial charge is 0.311 e. The van der Waals surface area contributed by atoms with Gasteiger partial charge in [-0.15, -0.1) is 0 Å². The summed E-state index contributed by atoms with van der Waals surface area (Å²) in [6.45, 7) is 2.04. The highest BCUT2D eigenvalue weighted by atomic mass is 19.1. The lowest BCUT2D eigenvalue weighted by molar-refractivity contribution is -0.116. The molecule has 128 valence electrons. The first-order valence-corrected chi connectivity index (χ1v) is 8.38. The molecule has 0 aliphatic heterocycles. The van der Waals surface area contributed by atoms with Gasteiger partial charge in [0.2, 0.25) is 5.91 Å². The van der Waals surface area contributed by atoms with E-state index in [1.54, 1.807) is 16.8 Å². The van der Waals surface area contributed by atoms with E-state index in [0.717, 1.165) is 24.1 Å². The predicted octanol–water partition coefficient (Wildman–Crippen LogP) is 4.81. The second-order valence-electron chi connectivity index (χ2n) is 5.82. The van der Waals surface area contributed by atoms with Crippen LogP contribution in [0.2, 0.25) is 0 Å². The molecule has 0 saturated heterocycles. The fraction of sp³-hybridized carbons (Fsp3) is 0.200. The van der Waals surface area contributed by atoms with Crippen LogP contribution >= 0.6 is 0 Å². The number of hydrogen-bond acceptors (Lipinski definition) is 2. The molecular weight excluding hydrogens is 317 g/mol. The number of rotatable bonds is 6. The minimum Gasteiger partial charge on any atom is -0.311 e. The summed E-state index contributed by atoms with van der Waals surface area (Å²) in [5, 5.41) is 7.45. The van der Waals surface area contributed by atoms with Gasteiger partial charge in [-0.3, -0.25) is 4.79 Å². The molecule has 4 nitrogen and oxygen atoms in total. The lowest BCUT2D eigenvalue weighted by atomic mass is 10.1. The molecule has 0 unspecified atom stereocenters. The molecule has 5 heteroatoms. The first kappa shape index (κ1) is 16.9. The van der Waals surface area contributed by atoms with Gasteiger partial charge in [0.25, 0.3) is 0 Å². The standard InChI is InChI=1S/C20H20FN3O/c1-2-3-12-20(25)22-19-14-18(15-8-5-4-6-9-15)23-24(19)17-11-7-10-16(21)13-17/h4-11,13-14H,2-3,12H2,1H3,(H,22,25). The monoisotopic (exact) mass is 337 g/mol. The van der Waals surface area contributed by atoms with Crippen LogP contribution in [-0.4, -0.2) is 15.7 Å². The van der Waals surface area contributed by atoms with E-state index < -0.39 is 0 Å². The number of hydrogen-bond donors (Lipinski definition) is 1. The van der Waals surface area contributed by atoms with Crippen molar-refractivity contribution in [1.82, 2.24) is 9.78 Å². The van der Waals surface area contributed by atoms with Gasteiger partial charge in [0.15, 0.2) is 0 Å². The Bertz CT molecular complexity index is 858. The van der Waals surface area contributed by atoms with Gasteiger partial charge in [-0.1, -0.05) is 49.7 Å². The molecule has 1 amide bonds. The molecule has 0 bridgehead atoms. The highest BCUT2D eigenvalue weighted by Gasteiger charge is 2.14. The summed E-state index contributed by atoms with van der Waals surface area (Å²) < 4.78 is 15.2. The topological polar surface area (TPSA) is 46.9 Å². The maximum atomic E-state index is 13.6. The minimum atomic E-state index is -0.350. The van der Waals surface area contributed by atoms with Crippen LogP contribution < -0.4 is 5.32 Å². The van der Waals surface area contributed by atoms with E-state index >= 15 is 0 Å². The van der Waals surface area contributed by atoms with E-state index in [4.69, 9.17) is 0 Å². The number of carbonyl (C=O) groups excluding carboxylic acids is 1. The highest BCUT2D eigenvalue weighted by molar-refractivity contribution is 5.90. The molecule has 1 heterocycles. The van der Waals surface area contributed by atoms with Crippen molar-refractivity contribution < 1.29 is 9.18 Å². The van der Waals surface area contributed by atoms with Crippen LogP contribution in [0, 0.1) is 5.82 Å². The van der Waals surface area contributed by atoms with Crippen LogP contribution in [0.1, 0.15) is 26.2 Å². The SMILES string of the molecule is CCCCC(=O)Nc1cc(-c2ccccc2)nn1-c1cccc(F)c1. The Morgan fingerprint density at radius 1 is 1.12 bits per heavy atom. The summed E-state index contributed by atoms with van der Waals surface area (Å²) >= 11 is 0. The van der Waals surface area contributed by atoms with Crippen molar-refractivity contribution in [3.8, 4) is 16.9 Å². The molecule has 0 spiro atoms. The van der Waals surface area contributed by atoms with Gasteiger partial charge >= 0.3 is 0 Å². The smallest absolute Gasteiger partial charge is 0.225 e. The van der Waals surface area contributed by atoms with E-state index in [2.05, 4.69) is 10.4 Å². The molecule has 0 atom stereocenters. The number of unbranched alkanes of at least 4 members (excludes halogenated alkanes) is 1. The van der Waals surface area contributed by atoms with Gasteiger partial charge in [-0.25, -0.2) is 9.07 Å². The molecule has 0 fully saturated rings. The number of nitrogens with one attached hydrogen (secondary N) is 1. The number of carbonyl (C=O) groups is 1. The van der Waals surface area contributed by atoms with Crippen LogP contribution in [0.4, 0.5) is 10.2 Å². The third-order valence-corrected chi connectivity index (χ3v) is 3.86. The van der Waals surface area contributed by atoms with Crippen molar-refractivity contribution in [3.63, 3.8) is 0 Å². The molecule has 2 aromatic carbocycles. The van der Waals surface area contributed by atoms with Crippen molar-refractivity contribution in [3.05, 3.63) is 66.5 Å².